The molecule has 0 unspecified atom stereocenters. The summed E-state index contributed by atoms with van der Waals surface area (Å²) >= 11 is 0. The van der Waals surface area contributed by atoms with E-state index in [0.29, 0.717) is 0 Å². The zero-order valence-corrected chi connectivity index (χ0v) is 7.91. The molecule has 0 saturated carbocycles. The Hall–Kier alpha value is -1.89. The van der Waals surface area contributed by atoms with E-state index in [2.05, 4.69) is 5.16 Å². The molecule has 14 heavy (non-hydrogen) atoms. The number of hydrogen-bond donors (Lipinski definition) is 0. The topological polar surface area (TPSA) is 45.4 Å². The molecule has 0 bridgehead atoms. The normalized spacial score (nSPS) is 9.00. The standard InChI is InChI=1S/C10H9FN2O/c1-7(2)13-14-10-4-3-9(11)5-8(10)6-12/h3-5H,1-2H3. The third-order valence-corrected chi connectivity index (χ3v) is 1.39. The lowest BCUT2D eigenvalue weighted by Gasteiger charge is -2.00. The van der Waals surface area contributed by atoms with Crippen molar-refractivity contribution in [2.24, 2.45) is 5.16 Å². The fraction of sp³-hybridized carbons (Fsp3) is 0.200. The summed E-state index contributed by atoms with van der Waals surface area (Å²) in [5.74, 6) is -0.207. The van der Waals surface area contributed by atoms with Crippen LogP contribution in [0, 0.1) is 17.1 Å². The van der Waals surface area contributed by atoms with Gasteiger partial charge in [0, 0.05) is 0 Å². The van der Waals surface area contributed by atoms with E-state index in [-0.39, 0.29) is 11.3 Å². The van der Waals surface area contributed by atoms with E-state index < -0.39 is 5.82 Å². The van der Waals surface area contributed by atoms with Crippen LogP contribution in [0.2, 0.25) is 0 Å². The van der Waals surface area contributed by atoms with Gasteiger partial charge in [0.15, 0.2) is 5.75 Å². The van der Waals surface area contributed by atoms with Crippen LogP contribution in [0.25, 0.3) is 0 Å². The Labute approximate surface area is 81.4 Å². The second kappa shape index (κ2) is 4.38. The molecule has 0 radical (unpaired) electrons. The quantitative estimate of drug-likeness (QED) is 0.533. The highest BCUT2D eigenvalue weighted by Gasteiger charge is 2.04. The van der Waals surface area contributed by atoms with E-state index >= 15 is 0 Å². The molecule has 3 nitrogen and oxygen atoms in total. The second-order valence-corrected chi connectivity index (χ2v) is 2.88. The zero-order chi connectivity index (χ0) is 10.6. The van der Waals surface area contributed by atoms with Gasteiger partial charge in [-0.2, -0.15) is 5.26 Å². The maximum absolute atomic E-state index is 12.7. The molecule has 0 saturated heterocycles. The number of rotatable bonds is 2. The molecule has 1 aromatic carbocycles. The number of oxime groups is 1. The average Bonchev–Trinajstić information content (AvgIpc) is 2.15. The van der Waals surface area contributed by atoms with Gasteiger partial charge in [0.25, 0.3) is 0 Å². The maximum atomic E-state index is 12.7. The summed E-state index contributed by atoms with van der Waals surface area (Å²) in [6.45, 7) is 3.52. The molecule has 1 rings (SSSR count). The molecule has 1 aromatic rings. The number of benzene rings is 1. The minimum absolute atomic E-state index is 0.134. The van der Waals surface area contributed by atoms with Crippen molar-refractivity contribution in [2.45, 2.75) is 13.8 Å². The minimum atomic E-state index is -0.467. The largest absolute Gasteiger partial charge is 0.356 e. The molecule has 0 atom stereocenters. The SMILES string of the molecule is CC(C)=NOc1ccc(F)cc1C#N. The molecule has 0 heterocycles. The maximum Gasteiger partial charge on any atom is 0.175 e. The summed E-state index contributed by atoms with van der Waals surface area (Å²) in [5.41, 5.74) is 0.855. The summed E-state index contributed by atoms with van der Waals surface area (Å²) < 4.78 is 12.7. The van der Waals surface area contributed by atoms with Crippen LogP contribution in [-0.2, 0) is 0 Å². The van der Waals surface area contributed by atoms with E-state index in [1.54, 1.807) is 13.8 Å². The molecule has 72 valence electrons. The van der Waals surface area contributed by atoms with Crippen molar-refractivity contribution in [1.29, 1.82) is 5.26 Å². The third-order valence-electron chi connectivity index (χ3n) is 1.39. The summed E-state index contributed by atoms with van der Waals surface area (Å²) in [6.07, 6.45) is 0. The second-order valence-electron chi connectivity index (χ2n) is 2.88. The summed E-state index contributed by atoms with van der Waals surface area (Å²) in [5, 5.41) is 12.3. The molecule has 0 aromatic heterocycles. The van der Waals surface area contributed by atoms with Gasteiger partial charge in [-0.25, -0.2) is 4.39 Å². The predicted molar refractivity (Wildman–Crippen MR) is 50.5 cm³/mol. The van der Waals surface area contributed by atoms with Gasteiger partial charge >= 0.3 is 0 Å². The van der Waals surface area contributed by atoms with Crippen molar-refractivity contribution < 1.29 is 9.23 Å². The van der Waals surface area contributed by atoms with Gasteiger partial charge in [-0.15, -0.1) is 0 Å². The van der Waals surface area contributed by atoms with Crippen LogP contribution < -0.4 is 4.84 Å². The Kier molecular flexibility index (Phi) is 3.19. The van der Waals surface area contributed by atoms with Crippen molar-refractivity contribution in [3.8, 4) is 11.8 Å². The summed E-state index contributed by atoms with van der Waals surface area (Å²) in [4.78, 5) is 4.94. The Morgan fingerprint density at radius 2 is 2.21 bits per heavy atom. The van der Waals surface area contributed by atoms with E-state index in [0.717, 1.165) is 11.8 Å². The van der Waals surface area contributed by atoms with Gasteiger partial charge in [0.2, 0.25) is 0 Å². The van der Waals surface area contributed by atoms with Crippen LogP contribution in [0.5, 0.6) is 5.75 Å². The van der Waals surface area contributed by atoms with Gasteiger partial charge in [0.1, 0.15) is 17.4 Å². The van der Waals surface area contributed by atoms with E-state index in [9.17, 15) is 4.39 Å². The van der Waals surface area contributed by atoms with Crippen molar-refractivity contribution in [1.82, 2.24) is 0 Å². The lowest BCUT2D eigenvalue weighted by Crippen LogP contribution is -1.92. The Balaban J connectivity index is 2.98. The summed E-state index contributed by atoms with van der Waals surface area (Å²) in [7, 11) is 0. The Morgan fingerprint density at radius 3 is 2.79 bits per heavy atom. The minimum Gasteiger partial charge on any atom is -0.356 e. The fourth-order valence-corrected chi connectivity index (χ4v) is 0.810. The molecule has 0 spiro atoms. The van der Waals surface area contributed by atoms with Crippen molar-refractivity contribution in [3.63, 3.8) is 0 Å². The first kappa shape index (κ1) is 10.2. The number of nitriles is 1. The number of halogens is 1. The van der Waals surface area contributed by atoms with Crippen molar-refractivity contribution >= 4 is 5.71 Å². The molecular weight excluding hydrogens is 183 g/mol. The highest BCUT2D eigenvalue weighted by atomic mass is 19.1. The number of nitrogens with zero attached hydrogens (tertiary/aromatic N) is 2. The van der Waals surface area contributed by atoms with Gasteiger partial charge in [-0.05, 0) is 32.0 Å². The highest BCUT2D eigenvalue weighted by molar-refractivity contribution is 5.78. The lowest BCUT2D eigenvalue weighted by molar-refractivity contribution is 0.339. The zero-order valence-electron chi connectivity index (χ0n) is 7.91. The molecule has 0 aliphatic rings. The van der Waals surface area contributed by atoms with Gasteiger partial charge < -0.3 is 4.84 Å². The van der Waals surface area contributed by atoms with Gasteiger partial charge in [-0.3, -0.25) is 0 Å². The van der Waals surface area contributed by atoms with Crippen LogP contribution in [0.1, 0.15) is 19.4 Å². The van der Waals surface area contributed by atoms with Crippen LogP contribution in [-0.4, -0.2) is 5.71 Å². The Morgan fingerprint density at radius 1 is 1.50 bits per heavy atom. The predicted octanol–water partition coefficient (Wildman–Crippen LogP) is 2.47. The smallest absolute Gasteiger partial charge is 0.175 e. The van der Waals surface area contributed by atoms with E-state index in [1.807, 2.05) is 6.07 Å². The lowest BCUT2D eigenvalue weighted by atomic mass is 10.2. The monoisotopic (exact) mass is 192 g/mol. The number of hydrogen-bond acceptors (Lipinski definition) is 3. The first-order valence-corrected chi connectivity index (χ1v) is 4.01. The van der Waals surface area contributed by atoms with Crippen molar-refractivity contribution in [3.05, 3.63) is 29.6 Å². The first-order chi connectivity index (χ1) is 6.63. The molecule has 0 fully saturated rings. The molecule has 0 aliphatic heterocycles. The Bertz CT molecular complexity index is 403. The van der Waals surface area contributed by atoms with Crippen LogP contribution in [0.3, 0.4) is 0 Å². The first-order valence-electron chi connectivity index (χ1n) is 4.01. The molecule has 0 amide bonds. The molecule has 4 heteroatoms. The van der Waals surface area contributed by atoms with Gasteiger partial charge in [0.05, 0.1) is 5.71 Å². The average molecular weight is 192 g/mol. The third kappa shape index (κ3) is 2.56. The highest BCUT2D eigenvalue weighted by Crippen LogP contribution is 2.18. The summed E-state index contributed by atoms with van der Waals surface area (Å²) in [6, 6.07) is 5.53. The van der Waals surface area contributed by atoms with Crippen molar-refractivity contribution in [2.75, 3.05) is 0 Å². The van der Waals surface area contributed by atoms with Crippen LogP contribution in [0.15, 0.2) is 23.4 Å². The van der Waals surface area contributed by atoms with Crippen LogP contribution >= 0.6 is 0 Å². The van der Waals surface area contributed by atoms with E-state index in [4.69, 9.17) is 10.1 Å². The van der Waals surface area contributed by atoms with Crippen LogP contribution in [0.4, 0.5) is 4.39 Å². The van der Waals surface area contributed by atoms with E-state index in [1.165, 1.54) is 12.1 Å². The molecular formula is C10H9FN2O. The molecule has 0 aliphatic carbocycles. The fourth-order valence-electron chi connectivity index (χ4n) is 0.810. The molecule has 0 N–H and O–H groups in total. The van der Waals surface area contributed by atoms with Gasteiger partial charge in [-0.1, -0.05) is 5.16 Å².